The number of carbonyl (C=O) groups is 1. The van der Waals surface area contributed by atoms with Crippen LogP contribution in [0.4, 0.5) is 8.78 Å². The molecule has 2 aromatic carbocycles. The van der Waals surface area contributed by atoms with Crippen LogP contribution >= 0.6 is 22.6 Å². The van der Waals surface area contributed by atoms with E-state index in [1.54, 1.807) is 18.2 Å². The van der Waals surface area contributed by atoms with Gasteiger partial charge >= 0.3 is 0 Å². The van der Waals surface area contributed by atoms with Gasteiger partial charge in [0.25, 0.3) is 0 Å². The summed E-state index contributed by atoms with van der Waals surface area (Å²) in [5, 5.41) is 0. The zero-order valence-corrected chi connectivity index (χ0v) is 10.7. The fourth-order valence-corrected chi connectivity index (χ4v) is 2.00. The minimum absolute atomic E-state index is 0.244. The van der Waals surface area contributed by atoms with Gasteiger partial charge in [0.15, 0.2) is 5.78 Å². The zero-order chi connectivity index (χ0) is 12.4. The monoisotopic (exact) mass is 344 g/mol. The lowest BCUT2D eigenvalue weighted by Crippen LogP contribution is -2.05. The smallest absolute Gasteiger partial charge is 0.196 e. The van der Waals surface area contributed by atoms with Gasteiger partial charge in [-0.15, -0.1) is 0 Å². The number of carbonyl (C=O) groups excluding carboxylic acids is 1. The summed E-state index contributed by atoms with van der Waals surface area (Å²) in [6, 6.07) is 9.59. The van der Waals surface area contributed by atoms with E-state index >= 15 is 0 Å². The van der Waals surface area contributed by atoms with Crippen LogP contribution in [0.5, 0.6) is 0 Å². The topological polar surface area (TPSA) is 17.1 Å². The largest absolute Gasteiger partial charge is 0.288 e. The summed E-state index contributed by atoms with van der Waals surface area (Å²) < 4.78 is 27.3. The summed E-state index contributed by atoms with van der Waals surface area (Å²) >= 11 is 2.05. The van der Waals surface area contributed by atoms with Gasteiger partial charge < -0.3 is 0 Å². The first kappa shape index (κ1) is 12.2. The van der Waals surface area contributed by atoms with Crippen LogP contribution in [0, 0.1) is 15.2 Å². The Kier molecular flexibility index (Phi) is 3.51. The van der Waals surface area contributed by atoms with Gasteiger partial charge in [-0.25, -0.2) is 8.78 Å². The van der Waals surface area contributed by atoms with Gasteiger partial charge in [-0.1, -0.05) is 12.1 Å². The molecule has 1 nitrogen and oxygen atoms in total. The summed E-state index contributed by atoms with van der Waals surface area (Å²) in [5.74, 6) is -1.85. The molecule has 0 atom stereocenters. The van der Waals surface area contributed by atoms with E-state index in [0.717, 1.165) is 21.8 Å². The van der Waals surface area contributed by atoms with Crippen LogP contribution in [-0.4, -0.2) is 5.78 Å². The van der Waals surface area contributed by atoms with Gasteiger partial charge in [-0.2, -0.15) is 0 Å². The molecule has 0 spiro atoms. The maximum atomic E-state index is 13.4. The van der Waals surface area contributed by atoms with Gasteiger partial charge in [0, 0.05) is 9.13 Å². The highest BCUT2D eigenvalue weighted by molar-refractivity contribution is 14.1. The van der Waals surface area contributed by atoms with Crippen LogP contribution in [0.1, 0.15) is 15.9 Å². The SMILES string of the molecule is O=C(c1cccc(I)c1)c1cc(F)ccc1F. The molecular weight excluding hydrogens is 337 g/mol. The molecule has 17 heavy (non-hydrogen) atoms. The standard InChI is InChI=1S/C13H7F2IO/c14-9-4-5-12(15)11(7-9)13(17)8-2-1-3-10(16)6-8/h1-7H. The minimum atomic E-state index is -0.713. The van der Waals surface area contributed by atoms with Crippen molar-refractivity contribution in [2.75, 3.05) is 0 Å². The van der Waals surface area contributed by atoms with Gasteiger partial charge in [0.2, 0.25) is 0 Å². The molecule has 2 aromatic rings. The lowest BCUT2D eigenvalue weighted by molar-refractivity contribution is 0.103. The molecule has 0 N–H and O–H groups in total. The maximum absolute atomic E-state index is 13.4. The molecule has 0 saturated carbocycles. The number of ketones is 1. The van der Waals surface area contributed by atoms with E-state index in [-0.39, 0.29) is 5.56 Å². The average molecular weight is 344 g/mol. The van der Waals surface area contributed by atoms with Crippen LogP contribution in [0.2, 0.25) is 0 Å². The van der Waals surface area contributed by atoms with Crippen molar-refractivity contribution in [1.29, 1.82) is 0 Å². The van der Waals surface area contributed by atoms with E-state index < -0.39 is 17.4 Å². The Morgan fingerprint density at radius 3 is 2.53 bits per heavy atom. The molecule has 0 heterocycles. The Hall–Kier alpha value is -1.30. The Labute approximate surface area is 111 Å². The molecule has 0 fully saturated rings. The normalized spacial score (nSPS) is 10.3. The Bertz CT molecular complexity index is 581. The zero-order valence-electron chi connectivity index (χ0n) is 8.58. The summed E-state index contributed by atoms with van der Waals surface area (Å²) in [4.78, 5) is 12.0. The van der Waals surface area contributed by atoms with Crippen LogP contribution in [0.15, 0.2) is 42.5 Å². The summed E-state index contributed by atoms with van der Waals surface area (Å²) in [6.45, 7) is 0. The number of halogens is 3. The lowest BCUT2D eigenvalue weighted by Gasteiger charge is -2.03. The third kappa shape index (κ3) is 2.69. The molecule has 0 aliphatic rings. The first-order valence-electron chi connectivity index (χ1n) is 4.83. The predicted octanol–water partition coefficient (Wildman–Crippen LogP) is 3.80. The van der Waals surface area contributed by atoms with E-state index in [4.69, 9.17) is 0 Å². The second kappa shape index (κ2) is 4.91. The Morgan fingerprint density at radius 1 is 1.06 bits per heavy atom. The molecule has 0 aliphatic carbocycles. The molecule has 0 aliphatic heterocycles. The third-order valence-corrected chi connectivity index (χ3v) is 2.93. The molecule has 4 heteroatoms. The highest BCUT2D eigenvalue weighted by Gasteiger charge is 2.14. The fourth-order valence-electron chi connectivity index (χ4n) is 1.46. The molecule has 0 aromatic heterocycles. The van der Waals surface area contributed by atoms with Crippen LogP contribution < -0.4 is 0 Å². The number of hydrogen-bond donors (Lipinski definition) is 0. The van der Waals surface area contributed by atoms with Gasteiger partial charge in [-0.3, -0.25) is 4.79 Å². The molecule has 0 amide bonds. The molecule has 0 radical (unpaired) electrons. The fraction of sp³-hybridized carbons (Fsp3) is 0. The average Bonchev–Trinajstić information content (AvgIpc) is 2.31. The van der Waals surface area contributed by atoms with E-state index in [2.05, 4.69) is 22.6 Å². The third-order valence-electron chi connectivity index (χ3n) is 2.26. The summed E-state index contributed by atoms with van der Waals surface area (Å²) in [6.07, 6.45) is 0. The van der Waals surface area contributed by atoms with Gasteiger partial charge in [0.1, 0.15) is 11.6 Å². The van der Waals surface area contributed by atoms with Crippen molar-refractivity contribution in [3.63, 3.8) is 0 Å². The van der Waals surface area contributed by atoms with E-state index in [0.29, 0.717) is 5.56 Å². The second-order valence-corrected chi connectivity index (χ2v) is 4.71. The van der Waals surface area contributed by atoms with Crippen LogP contribution in [0.3, 0.4) is 0 Å². The van der Waals surface area contributed by atoms with E-state index in [1.165, 1.54) is 0 Å². The number of rotatable bonds is 2. The first-order chi connectivity index (χ1) is 8.08. The molecule has 0 saturated heterocycles. The highest BCUT2D eigenvalue weighted by atomic mass is 127. The molecule has 0 bridgehead atoms. The van der Waals surface area contributed by atoms with Crippen molar-refractivity contribution >= 4 is 28.4 Å². The predicted molar refractivity (Wildman–Crippen MR) is 68.9 cm³/mol. The van der Waals surface area contributed by atoms with Crippen LogP contribution in [0.25, 0.3) is 0 Å². The Balaban J connectivity index is 2.47. The second-order valence-electron chi connectivity index (χ2n) is 3.46. The highest BCUT2D eigenvalue weighted by Crippen LogP contribution is 2.16. The first-order valence-corrected chi connectivity index (χ1v) is 5.91. The number of benzene rings is 2. The van der Waals surface area contributed by atoms with Crippen molar-refractivity contribution < 1.29 is 13.6 Å². The van der Waals surface area contributed by atoms with Crippen molar-refractivity contribution in [1.82, 2.24) is 0 Å². The minimum Gasteiger partial charge on any atom is -0.288 e. The Morgan fingerprint density at radius 2 is 1.82 bits per heavy atom. The van der Waals surface area contributed by atoms with Crippen LogP contribution in [-0.2, 0) is 0 Å². The maximum Gasteiger partial charge on any atom is 0.196 e. The van der Waals surface area contributed by atoms with Gasteiger partial charge in [0.05, 0.1) is 5.56 Å². The molecular formula is C13H7F2IO. The summed E-state index contributed by atoms with van der Waals surface area (Å²) in [7, 11) is 0. The number of hydrogen-bond acceptors (Lipinski definition) is 1. The van der Waals surface area contributed by atoms with Crippen molar-refractivity contribution in [2.24, 2.45) is 0 Å². The quantitative estimate of drug-likeness (QED) is 0.598. The van der Waals surface area contributed by atoms with Crippen molar-refractivity contribution in [3.8, 4) is 0 Å². The lowest BCUT2D eigenvalue weighted by atomic mass is 10.0. The molecule has 0 unspecified atom stereocenters. The van der Waals surface area contributed by atoms with E-state index in [1.807, 2.05) is 6.07 Å². The van der Waals surface area contributed by atoms with Crippen molar-refractivity contribution in [2.45, 2.75) is 0 Å². The molecule has 2 rings (SSSR count). The van der Waals surface area contributed by atoms with Gasteiger partial charge in [-0.05, 0) is 52.9 Å². The van der Waals surface area contributed by atoms with Crippen molar-refractivity contribution in [3.05, 3.63) is 68.8 Å². The molecule has 86 valence electrons. The summed E-state index contributed by atoms with van der Waals surface area (Å²) in [5.41, 5.74) is 0.105. The van der Waals surface area contributed by atoms with E-state index in [9.17, 15) is 13.6 Å².